The summed E-state index contributed by atoms with van der Waals surface area (Å²) in [6.07, 6.45) is 0. The van der Waals surface area contributed by atoms with Crippen molar-refractivity contribution in [1.29, 1.82) is 5.26 Å². The number of carboxylic acid groups (broad SMARTS) is 1. The second-order valence-corrected chi connectivity index (χ2v) is 2.93. The van der Waals surface area contributed by atoms with Gasteiger partial charge in [0.1, 0.15) is 11.9 Å². The summed E-state index contributed by atoms with van der Waals surface area (Å²) in [4.78, 5) is 14.5. The van der Waals surface area contributed by atoms with Gasteiger partial charge < -0.3 is 15.2 Å². The summed E-state index contributed by atoms with van der Waals surface area (Å²) in [6, 6.07) is 4.65. The van der Waals surface area contributed by atoms with Crippen LogP contribution < -0.4 is 5.32 Å². The summed E-state index contributed by atoms with van der Waals surface area (Å²) in [7, 11) is 1.55. The lowest BCUT2D eigenvalue weighted by atomic mass is 10.2. The van der Waals surface area contributed by atoms with Gasteiger partial charge in [-0.25, -0.2) is 9.78 Å². The van der Waals surface area contributed by atoms with Gasteiger partial charge in [-0.2, -0.15) is 5.26 Å². The zero-order valence-corrected chi connectivity index (χ0v) is 8.73. The molecule has 0 atom stereocenters. The summed E-state index contributed by atoms with van der Waals surface area (Å²) >= 11 is 0. The predicted octanol–water partition coefficient (Wildman–Crippen LogP) is 0.710. The highest BCUT2D eigenvalue weighted by atomic mass is 16.5. The van der Waals surface area contributed by atoms with E-state index in [0.29, 0.717) is 18.7 Å². The van der Waals surface area contributed by atoms with Gasteiger partial charge in [0, 0.05) is 13.7 Å². The Kier molecular flexibility index (Phi) is 4.24. The fraction of sp³-hybridized carbons (Fsp3) is 0.300. The third-order valence-electron chi connectivity index (χ3n) is 1.83. The first-order valence-electron chi connectivity index (χ1n) is 4.56. The van der Waals surface area contributed by atoms with Crippen LogP contribution in [0.25, 0.3) is 0 Å². The molecule has 0 saturated carbocycles. The van der Waals surface area contributed by atoms with Crippen LogP contribution in [0.1, 0.15) is 16.1 Å². The molecule has 0 radical (unpaired) electrons. The molecule has 0 spiro atoms. The molecule has 6 heteroatoms. The Bertz CT molecular complexity index is 426. The normalized spacial score (nSPS) is 9.50. The number of hydrogen-bond acceptors (Lipinski definition) is 5. The standard InChI is InChI=1S/C10H11N3O3/c1-16-5-4-12-9-7(6-11)2-3-8(13-9)10(14)15/h2-3H,4-5H2,1H3,(H,12,13)(H,14,15). The van der Waals surface area contributed by atoms with E-state index in [0.717, 1.165) is 0 Å². The van der Waals surface area contributed by atoms with Crippen LogP contribution in [-0.4, -0.2) is 36.3 Å². The maximum atomic E-state index is 10.7. The van der Waals surface area contributed by atoms with Gasteiger partial charge in [-0.3, -0.25) is 0 Å². The monoisotopic (exact) mass is 221 g/mol. The van der Waals surface area contributed by atoms with Gasteiger partial charge in [-0.15, -0.1) is 0 Å². The zero-order valence-electron chi connectivity index (χ0n) is 8.73. The molecule has 2 N–H and O–H groups in total. The average Bonchev–Trinajstić information content (AvgIpc) is 2.29. The molecule has 1 aromatic heterocycles. The van der Waals surface area contributed by atoms with Crippen LogP contribution in [0.5, 0.6) is 0 Å². The summed E-state index contributed by atoms with van der Waals surface area (Å²) in [5.74, 6) is -0.862. The Labute approximate surface area is 92.5 Å². The molecule has 1 rings (SSSR count). The van der Waals surface area contributed by atoms with E-state index in [4.69, 9.17) is 15.1 Å². The van der Waals surface area contributed by atoms with E-state index >= 15 is 0 Å². The fourth-order valence-corrected chi connectivity index (χ4v) is 1.07. The first kappa shape index (κ1) is 11.9. The van der Waals surface area contributed by atoms with Crippen molar-refractivity contribution in [2.45, 2.75) is 0 Å². The van der Waals surface area contributed by atoms with Crippen molar-refractivity contribution in [1.82, 2.24) is 4.98 Å². The Hall–Kier alpha value is -2.13. The van der Waals surface area contributed by atoms with Gasteiger partial charge in [-0.1, -0.05) is 0 Å². The number of ether oxygens (including phenoxy) is 1. The maximum absolute atomic E-state index is 10.7. The van der Waals surface area contributed by atoms with Crippen LogP contribution in [-0.2, 0) is 4.74 Å². The highest BCUT2D eigenvalue weighted by Gasteiger charge is 2.09. The smallest absolute Gasteiger partial charge is 0.354 e. The molecule has 1 heterocycles. The Morgan fingerprint density at radius 1 is 1.69 bits per heavy atom. The molecule has 0 aromatic carbocycles. The molecular formula is C10H11N3O3. The lowest BCUT2D eigenvalue weighted by Gasteiger charge is -2.07. The van der Waals surface area contributed by atoms with Crippen molar-refractivity contribution >= 4 is 11.8 Å². The van der Waals surface area contributed by atoms with E-state index in [-0.39, 0.29) is 11.5 Å². The van der Waals surface area contributed by atoms with Crippen LogP contribution in [0.3, 0.4) is 0 Å². The summed E-state index contributed by atoms with van der Waals surface area (Å²) in [6.45, 7) is 0.908. The molecule has 0 saturated heterocycles. The lowest BCUT2D eigenvalue weighted by Crippen LogP contribution is -2.12. The van der Waals surface area contributed by atoms with Crippen molar-refractivity contribution in [3.8, 4) is 6.07 Å². The van der Waals surface area contributed by atoms with Crippen molar-refractivity contribution in [2.24, 2.45) is 0 Å². The second-order valence-electron chi connectivity index (χ2n) is 2.93. The minimum atomic E-state index is -1.13. The second kappa shape index (κ2) is 5.68. The van der Waals surface area contributed by atoms with Crippen molar-refractivity contribution in [3.63, 3.8) is 0 Å². The average molecular weight is 221 g/mol. The topological polar surface area (TPSA) is 95.2 Å². The molecule has 6 nitrogen and oxygen atoms in total. The number of methoxy groups -OCH3 is 1. The Morgan fingerprint density at radius 2 is 2.44 bits per heavy atom. The number of aromatic carboxylic acids is 1. The number of nitrogens with one attached hydrogen (secondary N) is 1. The number of carboxylic acids is 1. The molecule has 0 fully saturated rings. The van der Waals surface area contributed by atoms with Crippen molar-refractivity contribution in [3.05, 3.63) is 23.4 Å². The van der Waals surface area contributed by atoms with Crippen LogP contribution >= 0.6 is 0 Å². The van der Waals surface area contributed by atoms with Gasteiger partial charge in [0.2, 0.25) is 0 Å². The number of rotatable bonds is 5. The minimum absolute atomic E-state index is 0.0982. The van der Waals surface area contributed by atoms with Crippen LogP contribution in [0.2, 0.25) is 0 Å². The number of hydrogen-bond donors (Lipinski definition) is 2. The molecule has 1 aromatic rings. The molecule has 0 unspecified atom stereocenters. The molecule has 0 aliphatic rings. The van der Waals surface area contributed by atoms with E-state index in [1.165, 1.54) is 12.1 Å². The number of nitriles is 1. The summed E-state index contributed by atoms with van der Waals surface area (Å²) < 4.78 is 4.83. The summed E-state index contributed by atoms with van der Waals surface area (Å²) in [5, 5.41) is 20.4. The number of aromatic nitrogens is 1. The minimum Gasteiger partial charge on any atom is -0.477 e. The van der Waals surface area contributed by atoms with E-state index in [1.54, 1.807) is 7.11 Å². The van der Waals surface area contributed by atoms with E-state index in [9.17, 15) is 4.79 Å². The SMILES string of the molecule is COCCNc1nc(C(=O)O)ccc1C#N. The maximum Gasteiger partial charge on any atom is 0.354 e. The summed E-state index contributed by atoms with van der Waals surface area (Å²) in [5.41, 5.74) is 0.208. The number of carbonyl (C=O) groups is 1. The highest BCUT2D eigenvalue weighted by Crippen LogP contribution is 2.12. The molecule has 84 valence electrons. The van der Waals surface area contributed by atoms with Gasteiger partial charge in [0.15, 0.2) is 5.69 Å². The highest BCUT2D eigenvalue weighted by molar-refractivity contribution is 5.86. The third kappa shape index (κ3) is 2.93. The zero-order chi connectivity index (χ0) is 12.0. The van der Waals surface area contributed by atoms with Crippen LogP contribution in [0.4, 0.5) is 5.82 Å². The lowest BCUT2D eigenvalue weighted by molar-refractivity contribution is 0.0690. The molecule has 16 heavy (non-hydrogen) atoms. The van der Waals surface area contributed by atoms with Crippen molar-refractivity contribution < 1.29 is 14.6 Å². The van der Waals surface area contributed by atoms with Gasteiger partial charge in [0.05, 0.1) is 12.2 Å². The predicted molar refractivity (Wildman–Crippen MR) is 56.3 cm³/mol. The molecule has 0 amide bonds. The van der Waals surface area contributed by atoms with Crippen LogP contribution in [0.15, 0.2) is 12.1 Å². The van der Waals surface area contributed by atoms with Gasteiger partial charge >= 0.3 is 5.97 Å². The third-order valence-corrected chi connectivity index (χ3v) is 1.83. The number of anilines is 1. The first-order chi connectivity index (χ1) is 7.69. The van der Waals surface area contributed by atoms with Gasteiger partial charge in [0.25, 0.3) is 0 Å². The van der Waals surface area contributed by atoms with E-state index in [1.807, 2.05) is 6.07 Å². The Morgan fingerprint density at radius 3 is 3.00 bits per heavy atom. The van der Waals surface area contributed by atoms with Crippen LogP contribution in [0, 0.1) is 11.3 Å². The molecule has 0 bridgehead atoms. The molecule has 0 aliphatic heterocycles. The Balaban J connectivity index is 2.90. The number of pyridine rings is 1. The first-order valence-corrected chi connectivity index (χ1v) is 4.56. The van der Waals surface area contributed by atoms with Gasteiger partial charge in [-0.05, 0) is 12.1 Å². The van der Waals surface area contributed by atoms with Crippen molar-refractivity contribution in [2.75, 3.05) is 25.6 Å². The number of nitrogens with zero attached hydrogens (tertiary/aromatic N) is 2. The molecular weight excluding hydrogens is 210 g/mol. The van der Waals surface area contributed by atoms with E-state index in [2.05, 4.69) is 10.3 Å². The quantitative estimate of drug-likeness (QED) is 0.711. The molecule has 0 aliphatic carbocycles. The van der Waals surface area contributed by atoms with E-state index < -0.39 is 5.97 Å². The largest absolute Gasteiger partial charge is 0.477 e. The fourth-order valence-electron chi connectivity index (χ4n) is 1.07.